The standard InChI is InChI=1S/C7H16P.C2H6/c1-3-8(2)6-4-5-7-8;1-2/h3-7H2,1-2H3;1-2H3/q+1;. The molecule has 0 spiro atoms. The van der Waals surface area contributed by atoms with E-state index in [1.165, 1.54) is 19.0 Å². The summed E-state index contributed by atoms with van der Waals surface area (Å²) in [5, 5.41) is 0. The zero-order valence-corrected chi connectivity index (χ0v) is 8.88. The van der Waals surface area contributed by atoms with Gasteiger partial charge in [-0.05, 0) is 19.8 Å². The molecule has 0 radical (unpaired) electrons. The Hall–Kier alpha value is 0.430. The van der Waals surface area contributed by atoms with Crippen LogP contribution in [-0.2, 0) is 0 Å². The first-order chi connectivity index (χ1) is 4.77. The molecule has 1 aliphatic rings. The van der Waals surface area contributed by atoms with Gasteiger partial charge >= 0.3 is 0 Å². The molecular formula is C9H22P+. The van der Waals surface area contributed by atoms with Crippen molar-refractivity contribution in [1.29, 1.82) is 0 Å². The van der Waals surface area contributed by atoms with E-state index in [9.17, 15) is 0 Å². The van der Waals surface area contributed by atoms with Crippen LogP contribution < -0.4 is 0 Å². The smallest absolute Gasteiger partial charge is 0.0592 e. The Morgan fingerprint density at radius 1 is 1.10 bits per heavy atom. The molecule has 0 aromatic carbocycles. The second-order valence-corrected chi connectivity index (χ2v) is 7.86. The molecule has 1 aliphatic heterocycles. The summed E-state index contributed by atoms with van der Waals surface area (Å²) in [6.45, 7) is 8.89. The quantitative estimate of drug-likeness (QED) is 0.516. The second kappa shape index (κ2) is 5.13. The summed E-state index contributed by atoms with van der Waals surface area (Å²) >= 11 is 0. The summed E-state index contributed by atoms with van der Waals surface area (Å²) in [6, 6.07) is 0. The molecule has 0 aromatic rings. The van der Waals surface area contributed by atoms with Crippen LogP contribution in [0.1, 0.15) is 33.6 Å². The van der Waals surface area contributed by atoms with E-state index in [2.05, 4.69) is 13.6 Å². The first-order valence-corrected chi connectivity index (χ1v) is 7.39. The molecule has 1 saturated heterocycles. The predicted molar refractivity (Wildman–Crippen MR) is 53.7 cm³/mol. The van der Waals surface area contributed by atoms with E-state index in [-0.39, 0.29) is 7.26 Å². The maximum absolute atomic E-state index is 2.53. The van der Waals surface area contributed by atoms with Gasteiger partial charge < -0.3 is 0 Å². The highest BCUT2D eigenvalue weighted by Gasteiger charge is 2.32. The van der Waals surface area contributed by atoms with Gasteiger partial charge in [-0.25, -0.2) is 0 Å². The fraction of sp³-hybridized carbons (Fsp3) is 1.00. The molecule has 0 unspecified atom stereocenters. The van der Waals surface area contributed by atoms with Crippen molar-refractivity contribution >= 4 is 7.26 Å². The van der Waals surface area contributed by atoms with Crippen LogP contribution in [0.4, 0.5) is 0 Å². The van der Waals surface area contributed by atoms with Crippen LogP contribution in [0.3, 0.4) is 0 Å². The Morgan fingerprint density at radius 2 is 1.50 bits per heavy atom. The van der Waals surface area contributed by atoms with Gasteiger partial charge in [0.05, 0.1) is 18.5 Å². The van der Waals surface area contributed by atoms with Crippen LogP contribution in [0.2, 0.25) is 0 Å². The molecule has 1 fully saturated rings. The lowest BCUT2D eigenvalue weighted by Gasteiger charge is -2.12. The molecule has 1 heteroatoms. The molecule has 0 bridgehead atoms. The van der Waals surface area contributed by atoms with Crippen molar-refractivity contribution in [2.24, 2.45) is 0 Å². The Kier molecular flexibility index (Phi) is 5.35. The highest BCUT2D eigenvalue weighted by Crippen LogP contribution is 2.59. The maximum Gasteiger partial charge on any atom is 0.0592 e. The highest BCUT2D eigenvalue weighted by atomic mass is 31.2. The normalized spacial score (nSPS) is 21.6. The summed E-state index contributed by atoms with van der Waals surface area (Å²) < 4.78 is 0. The minimum absolute atomic E-state index is 0.301. The molecule has 1 heterocycles. The molecule has 0 saturated carbocycles. The minimum atomic E-state index is -0.301. The number of hydrogen-bond donors (Lipinski definition) is 0. The van der Waals surface area contributed by atoms with Crippen LogP contribution in [0.25, 0.3) is 0 Å². The van der Waals surface area contributed by atoms with Gasteiger partial charge in [0, 0.05) is 13.9 Å². The lowest BCUT2D eigenvalue weighted by molar-refractivity contribution is 0.949. The van der Waals surface area contributed by atoms with E-state index in [1.54, 1.807) is 12.3 Å². The Labute approximate surface area is 66.7 Å². The van der Waals surface area contributed by atoms with Crippen molar-refractivity contribution in [3.63, 3.8) is 0 Å². The SMILES string of the molecule is CC.CC[P+]1(C)CCCC1. The molecular weight excluding hydrogens is 139 g/mol. The van der Waals surface area contributed by atoms with Gasteiger partial charge in [0.2, 0.25) is 0 Å². The van der Waals surface area contributed by atoms with Crippen molar-refractivity contribution < 1.29 is 0 Å². The van der Waals surface area contributed by atoms with Gasteiger partial charge in [-0.3, -0.25) is 0 Å². The molecule has 0 amide bonds. The molecule has 0 atom stereocenters. The van der Waals surface area contributed by atoms with Crippen molar-refractivity contribution in [3.8, 4) is 0 Å². The van der Waals surface area contributed by atoms with E-state index < -0.39 is 0 Å². The van der Waals surface area contributed by atoms with Gasteiger partial charge in [-0.1, -0.05) is 13.8 Å². The zero-order chi connectivity index (χ0) is 8.04. The fourth-order valence-electron chi connectivity index (χ4n) is 1.42. The van der Waals surface area contributed by atoms with Gasteiger partial charge in [0.1, 0.15) is 0 Å². The van der Waals surface area contributed by atoms with Crippen LogP contribution >= 0.6 is 7.26 Å². The van der Waals surface area contributed by atoms with E-state index in [0.717, 1.165) is 0 Å². The number of hydrogen-bond acceptors (Lipinski definition) is 0. The molecule has 0 N–H and O–H groups in total. The minimum Gasteiger partial charge on any atom is -0.0683 e. The highest BCUT2D eigenvalue weighted by molar-refractivity contribution is 7.75. The molecule has 0 nitrogen and oxygen atoms in total. The summed E-state index contributed by atoms with van der Waals surface area (Å²) in [5.74, 6) is 0. The number of rotatable bonds is 1. The molecule has 0 aromatic heterocycles. The lowest BCUT2D eigenvalue weighted by atomic mass is 10.4. The Bertz CT molecular complexity index is 72.8. The van der Waals surface area contributed by atoms with Gasteiger partial charge in [-0.2, -0.15) is 0 Å². The molecule has 1 rings (SSSR count). The van der Waals surface area contributed by atoms with Crippen LogP contribution in [0, 0.1) is 0 Å². The van der Waals surface area contributed by atoms with Crippen molar-refractivity contribution in [1.82, 2.24) is 0 Å². The van der Waals surface area contributed by atoms with E-state index in [1.807, 2.05) is 13.8 Å². The second-order valence-electron chi connectivity index (χ2n) is 3.09. The monoisotopic (exact) mass is 161 g/mol. The van der Waals surface area contributed by atoms with Crippen molar-refractivity contribution in [2.75, 3.05) is 25.2 Å². The molecule has 62 valence electrons. The van der Waals surface area contributed by atoms with Crippen molar-refractivity contribution in [3.05, 3.63) is 0 Å². The fourth-order valence-corrected chi connectivity index (χ4v) is 4.25. The third-order valence-electron chi connectivity index (χ3n) is 2.41. The largest absolute Gasteiger partial charge is 0.0683 e. The summed E-state index contributed by atoms with van der Waals surface area (Å²) in [4.78, 5) is 0. The average molecular weight is 161 g/mol. The van der Waals surface area contributed by atoms with Crippen LogP contribution in [0.5, 0.6) is 0 Å². The van der Waals surface area contributed by atoms with Crippen LogP contribution in [0.15, 0.2) is 0 Å². The molecule has 0 aliphatic carbocycles. The maximum atomic E-state index is 2.53. The summed E-state index contributed by atoms with van der Waals surface area (Å²) in [5.41, 5.74) is 0. The third-order valence-corrected chi connectivity index (χ3v) is 6.73. The lowest BCUT2D eigenvalue weighted by Crippen LogP contribution is -1.93. The first kappa shape index (κ1) is 10.4. The van der Waals surface area contributed by atoms with E-state index in [4.69, 9.17) is 0 Å². The van der Waals surface area contributed by atoms with Crippen molar-refractivity contribution in [2.45, 2.75) is 33.6 Å². The van der Waals surface area contributed by atoms with Gasteiger partial charge in [-0.15, -0.1) is 0 Å². The summed E-state index contributed by atoms with van der Waals surface area (Å²) in [6.07, 6.45) is 7.72. The Balaban J connectivity index is 0.000000371. The Morgan fingerprint density at radius 3 is 1.70 bits per heavy atom. The zero-order valence-electron chi connectivity index (χ0n) is 7.98. The van der Waals surface area contributed by atoms with Crippen LogP contribution in [-0.4, -0.2) is 25.2 Å². The third kappa shape index (κ3) is 3.01. The molecule has 10 heavy (non-hydrogen) atoms. The predicted octanol–water partition coefficient (Wildman–Crippen LogP) is 3.47. The topological polar surface area (TPSA) is 0 Å². The average Bonchev–Trinajstić information content (AvgIpc) is 2.42. The first-order valence-electron chi connectivity index (χ1n) is 4.60. The van der Waals surface area contributed by atoms with Gasteiger partial charge in [0.15, 0.2) is 0 Å². The van der Waals surface area contributed by atoms with E-state index in [0.29, 0.717) is 0 Å². The summed E-state index contributed by atoms with van der Waals surface area (Å²) in [7, 11) is -0.301. The van der Waals surface area contributed by atoms with Gasteiger partial charge in [0.25, 0.3) is 0 Å². The van der Waals surface area contributed by atoms with E-state index >= 15 is 0 Å².